The van der Waals surface area contributed by atoms with Crippen molar-refractivity contribution in [2.24, 2.45) is 0 Å². The zero-order valence-corrected chi connectivity index (χ0v) is 13.3. The topological polar surface area (TPSA) is 104 Å². The van der Waals surface area contributed by atoms with Gasteiger partial charge in [0.25, 0.3) is 5.91 Å². The summed E-state index contributed by atoms with van der Waals surface area (Å²) in [5.74, 6) is -1.56. The highest BCUT2D eigenvalue weighted by atomic mass is 35.5. The van der Waals surface area contributed by atoms with Crippen molar-refractivity contribution in [3.8, 4) is 0 Å². The molecule has 2 rings (SSSR count). The number of hydrogen-bond donors (Lipinski definition) is 2. The number of carboxylic acids is 1. The Kier molecular flexibility index (Phi) is 4.74. The van der Waals surface area contributed by atoms with Crippen LogP contribution >= 0.6 is 11.6 Å². The first-order valence-electron chi connectivity index (χ1n) is 6.49. The van der Waals surface area contributed by atoms with Crippen molar-refractivity contribution in [3.05, 3.63) is 34.9 Å². The fourth-order valence-electron chi connectivity index (χ4n) is 2.00. The number of aliphatic carboxylic acids is 1. The van der Waals surface area contributed by atoms with E-state index in [1.54, 1.807) is 18.2 Å². The van der Waals surface area contributed by atoms with Crippen molar-refractivity contribution >= 4 is 33.5 Å². The van der Waals surface area contributed by atoms with E-state index < -0.39 is 27.3 Å². The van der Waals surface area contributed by atoms with E-state index in [1.165, 1.54) is 17.9 Å². The van der Waals surface area contributed by atoms with Crippen LogP contribution < -0.4 is 4.72 Å². The first-order valence-corrected chi connectivity index (χ1v) is 8.42. The molecule has 120 valence electrons. The Bertz CT molecular complexity index is 700. The van der Waals surface area contributed by atoms with E-state index in [4.69, 9.17) is 16.7 Å². The van der Waals surface area contributed by atoms with Gasteiger partial charge in [0.15, 0.2) is 0 Å². The molecule has 1 heterocycles. The number of carboxylic acid groups (broad SMARTS) is 1. The van der Waals surface area contributed by atoms with Crippen LogP contribution in [0.25, 0.3) is 0 Å². The van der Waals surface area contributed by atoms with E-state index in [9.17, 15) is 18.0 Å². The molecule has 2 N–H and O–H groups in total. The van der Waals surface area contributed by atoms with Crippen LogP contribution in [-0.2, 0) is 14.8 Å². The summed E-state index contributed by atoms with van der Waals surface area (Å²) in [5, 5.41) is 8.34. The Hall–Kier alpha value is -1.64. The fourth-order valence-corrected chi connectivity index (χ4v) is 3.73. The third-order valence-corrected chi connectivity index (χ3v) is 5.45. The summed E-state index contributed by atoms with van der Waals surface area (Å²) in [6.07, 6.45) is 0. The van der Waals surface area contributed by atoms with E-state index in [0.717, 1.165) is 0 Å². The molecule has 7 nitrogen and oxygen atoms in total. The molecule has 9 heteroatoms. The Labute approximate surface area is 132 Å². The quantitative estimate of drug-likeness (QED) is 0.810. The molecule has 1 aromatic carbocycles. The van der Waals surface area contributed by atoms with E-state index in [2.05, 4.69) is 4.72 Å². The van der Waals surface area contributed by atoms with Crippen LogP contribution in [0.1, 0.15) is 17.3 Å². The monoisotopic (exact) mass is 346 g/mol. The molecule has 1 atom stereocenters. The summed E-state index contributed by atoms with van der Waals surface area (Å²) >= 11 is 5.81. The van der Waals surface area contributed by atoms with Crippen LogP contribution in [0, 0.1) is 0 Å². The van der Waals surface area contributed by atoms with Gasteiger partial charge in [-0.2, -0.15) is 0 Å². The predicted molar refractivity (Wildman–Crippen MR) is 80.3 cm³/mol. The molecular weight excluding hydrogens is 332 g/mol. The van der Waals surface area contributed by atoms with Crippen molar-refractivity contribution in [1.29, 1.82) is 0 Å². The van der Waals surface area contributed by atoms with Gasteiger partial charge in [0.2, 0.25) is 10.0 Å². The molecule has 0 saturated carbocycles. The number of sulfonamides is 1. The lowest BCUT2D eigenvalue weighted by Gasteiger charge is -2.38. The molecule has 1 aliphatic rings. The van der Waals surface area contributed by atoms with Crippen LogP contribution in [0.3, 0.4) is 0 Å². The number of rotatable bonds is 5. The molecule has 1 amide bonds. The molecule has 0 bridgehead atoms. The van der Waals surface area contributed by atoms with Gasteiger partial charge in [-0.25, -0.2) is 13.1 Å². The van der Waals surface area contributed by atoms with Crippen molar-refractivity contribution in [2.45, 2.75) is 18.2 Å². The average molecular weight is 347 g/mol. The molecule has 1 aliphatic heterocycles. The van der Waals surface area contributed by atoms with Gasteiger partial charge in [-0.3, -0.25) is 9.59 Å². The Morgan fingerprint density at radius 3 is 2.59 bits per heavy atom. The van der Waals surface area contributed by atoms with Gasteiger partial charge < -0.3 is 10.0 Å². The lowest BCUT2D eigenvalue weighted by molar-refractivity contribution is -0.138. The third kappa shape index (κ3) is 3.57. The van der Waals surface area contributed by atoms with Crippen molar-refractivity contribution in [2.75, 3.05) is 13.1 Å². The highest BCUT2D eigenvalue weighted by molar-refractivity contribution is 7.90. The molecule has 0 radical (unpaired) electrons. The second kappa shape index (κ2) is 6.23. The lowest BCUT2D eigenvalue weighted by atomic mass is 10.1. The third-order valence-electron chi connectivity index (χ3n) is 3.36. The van der Waals surface area contributed by atoms with Crippen molar-refractivity contribution < 1.29 is 23.1 Å². The van der Waals surface area contributed by atoms with E-state index in [1.807, 2.05) is 0 Å². The molecular formula is C13H15ClN2O5S. The Morgan fingerprint density at radius 1 is 1.41 bits per heavy atom. The van der Waals surface area contributed by atoms with Crippen molar-refractivity contribution in [3.63, 3.8) is 0 Å². The predicted octanol–water partition coefficient (Wildman–Crippen LogP) is 0.557. The molecule has 1 fully saturated rings. The van der Waals surface area contributed by atoms with E-state index in [0.29, 0.717) is 10.6 Å². The second-order valence-electron chi connectivity index (χ2n) is 5.07. The number of hydrogen-bond acceptors (Lipinski definition) is 4. The summed E-state index contributed by atoms with van der Waals surface area (Å²) < 4.78 is 26.0. The minimum absolute atomic E-state index is 0.0209. The van der Waals surface area contributed by atoms with Gasteiger partial charge in [0.1, 0.15) is 11.3 Å². The molecule has 22 heavy (non-hydrogen) atoms. The smallest absolute Gasteiger partial charge is 0.321 e. The molecule has 0 aromatic heterocycles. The van der Waals surface area contributed by atoms with E-state index >= 15 is 0 Å². The Balaban J connectivity index is 1.97. The molecule has 1 aromatic rings. The number of carbonyl (C=O) groups excluding carboxylic acids is 1. The number of nitrogens with zero attached hydrogens (tertiary/aromatic N) is 1. The highest BCUT2D eigenvalue weighted by Gasteiger charge is 2.41. The van der Waals surface area contributed by atoms with Gasteiger partial charge in [0, 0.05) is 23.7 Å². The van der Waals surface area contributed by atoms with Crippen LogP contribution in [0.5, 0.6) is 0 Å². The van der Waals surface area contributed by atoms with Crippen LogP contribution in [0.15, 0.2) is 24.3 Å². The minimum atomic E-state index is -3.78. The van der Waals surface area contributed by atoms with E-state index in [-0.39, 0.29) is 19.0 Å². The standard InChI is InChI=1S/C13H15ClN2O5S/c1-8(13(18)19)15-22(20,21)11-6-16(7-11)12(17)9-3-2-4-10(14)5-9/h2-5,8,11,15H,6-7H2,1H3,(H,18,19)/t8-/m0/s1. The lowest BCUT2D eigenvalue weighted by Crippen LogP contribution is -2.60. The summed E-state index contributed by atoms with van der Waals surface area (Å²) in [5.41, 5.74) is 0.384. The first kappa shape index (κ1) is 16.7. The summed E-state index contributed by atoms with van der Waals surface area (Å²) in [6.45, 7) is 1.29. The maximum Gasteiger partial charge on any atom is 0.321 e. The molecule has 0 unspecified atom stereocenters. The summed E-state index contributed by atoms with van der Waals surface area (Å²) in [4.78, 5) is 24.2. The molecule has 1 saturated heterocycles. The SMILES string of the molecule is C[C@H](NS(=O)(=O)C1CN(C(=O)c2cccc(Cl)c2)C1)C(=O)O. The van der Waals surface area contributed by atoms with Gasteiger partial charge >= 0.3 is 5.97 Å². The van der Waals surface area contributed by atoms with Gasteiger partial charge in [-0.1, -0.05) is 17.7 Å². The zero-order chi connectivity index (χ0) is 16.5. The number of likely N-dealkylation sites (tertiary alicyclic amines) is 1. The number of amides is 1. The second-order valence-corrected chi connectivity index (χ2v) is 7.49. The van der Waals surface area contributed by atoms with Gasteiger partial charge in [0.05, 0.1) is 0 Å². The van der Waals surface area contributed by atoms with Crippen LogP contribution in [0.2, 0.25) is 5.02 Å². The van der Waals surface area contributed by atoms with Crippen molar-refractivity contribution in [1.82, 2.24) is 9.62 Å². The number of nitrogens with one attached hydrogen (secondary N) is 1. The number of halogens is 1. The number of benzene rings is 1. The Morgan fingerprint density at radius 2 is 2.05 bits per heavy atom. The average Bonchev–Trinajstić information content (AvgIpc) is 2.35. The highest BCUT2D eigenvalue weighted by Crippen LogP contribution is 2.20. The molecule has 0 aliphatic carbocycles. The minimum Gasteiger partial charge on any atom is -0.480 e. The largest absolute Gasteiger partial charge is 0.480 e. The first-order chi connectivity index (χ1) is 10.2. The summed E-state index contributed by atoms with van der Waals surface area (Å²) in [6, 6.07) is 5.18. The van der Waals surface area contributed by atoms with Crippen LogP contribution in [-0.4, -0.2) is 54.7 Å². The van der Waals surface area contributed by atoms with Crippen LogP contribution in [0.4, 0.5) is 0 Å². The summed E-state index contributed by atoms with van der Waals surface area (Å²) in [7, 11) is -3.78. The maximum atomic E-state index is 12.1. The maximum absolute atomic E-state index is 12.1. The number of carbonyl (C=O) groups is 2. The van der Waals surface area contributed by atoms with Gasteiger partial charge in [-0.15, -0.1) is 0 Å². The normalized spacial score (nSPS) is 16.9. The fraction of sp³-hybridized carbons (Fsp3) is 0.385. The van der Waals surface area contributed by atoms with Gasteiger partial charge in [-0.05, 0) is 25.1 Å². The molecule has 0 spiro atoms. The zero-order valence-electron chi connectivity index (χ0n) is 11.7.